The Morgan fingerprint density at radius 3 is 2.64 bits per heavy atom. The smallest absolute Gasteiger partial charge is 0.307 e. The molecule has 0 fully saturated rings. The number of aliphatic carboxylic acids is 1. The third-order valence-electron chi connectivity index (χ3n) is 3.96. The van der Waals surface area contributed by atoms with Gasteiger partial charge in [0.25, 0.3) is 5.91 Å². The molecule has 4 heteroatoms. The molecule has 1 aliphatic rings. The second-order valence-corrected chi connectivity index (χ2v) is 5.52. The number of hydrogen-bond donors (Lipinski definition) is 2. The zero-order valence-corrected chi connectivity index (χ0v) is 12.1. The van der Waals surface area contributed by atoms with Crippen LogP contribution >= 0.6 is 0 Å². The molecule has 0 saturated carbocycles. The summed E-state index contributed by atoms with van der Waals surface area (Å²) in [6.07, 6.45) is 3.15. The number of fused-ring (bicyclic) bond motifs is 1. The maximum Gasteiger partial charge on any atom is 0.307 e. The molecule has 112 valence electrons. The van der Waals surface area contributed by atoms with Crippen molar-refractivity contribution >= 4 is 17.6 Å². The number of carboxylic acids is 1. The van der Waals surface area contributed by atoms with Crippen molar-refractivity contribution in [2.45, 2.75) is 25.7 Å². The lowest BCUT2D eigenvalue weighted by Gasteiger charge is -2.10. The van der Waals surface area contributed by atoms with Crippen LogP contribution in [-0.2, 0) is 24.1 Å². The molecule has 3 rings (SSSR count). The van der Waals surface area contributed by atoms with E-state index in [0.717, 1.165) is 24.9 Å². The number of hydrogen-bond acceptors (Lipinski definition) is 2. The minimum absolute atomic E-state index is 0.159. The quantitative estimate of drug-likeness (QED) is 0.911. The Morgan fingerprint density at radius 2 is 1.82 bits per heavy atom. The van der Waals surface area contributed by atoms with Crippen molar-refractivity contribution in [1.29, 1.82) is 0 Å². The van der Waals surface area contributed by atoms with Gasteiger partial charge in [0, 0.05) is 11.3 Å². The minimum atomic E-state index is -0.946. The third kappa shape index (κ3) is 3.01. The van der Waals surface area contributed by atoms with Crippen LogP contribution in [-0.4, -0.2) is 17.0 Å². The summed E-state index contributed by atoms with van der Waals surface area (Å²) in [5.74, 6) is -1.22. The van der Waals surface area contributed by atoms with E-state index in [-0.39, 0.29) is 12.3 Å². The predicted molar refractivity (Wildman–Crippen MR) is 84.2 cm³/mol. The van der Waals surface area contributed by atoms with Crippen molar-refractivity contribution in [1.82, 2.24) is 0 Å². The van der Waals surface area contributed by atoms with Gasteiger partial charge in [0.1, 0.15) is 0 Å². The van der Waals surface area contributed by atoms with Crippen LogP contribution in [0.5, 0.6) is 0 Å². The number of aryl methyl sites for hydroxylation is 2. The van der Waals surface area contributed by atoms with Gasteiger partial charge < -0.3 is 10.4 Å². The van der Waals surface area contributed by atoms with E-state index in [1.165, 1.54) is 11.1 Å². The molecule has 0 radical (unpaired) electrons. The van der Waals surface area contributed by atoms with Crippen LogP contribution < -0.4 is 5.32 Å². The Morgan fingerprint density at radius 1 is 1.05 bits per heavy atom. The average Bonchev–Trinajstić information content (AvgIpc) is 2.94. The second kappa shape index (κ2) is 6.02. The Hall–Kier alpha value is -2.62. The molecule has 0 saturated heterocycles. The molecule has 1 aliphatic carbocycles. The highest BCUT2D eigenvalue weighted by atomic mass is 16.4. The molecule has 2 aromatic rings. The molecule has 0 bridgehead atoms. The third-order valence-corrected chi connectivity index (χ3v) is 3.96. The van der Waals surface area contributed by atoms with E-state index in [4.69, 9.17) is 5.11 Å². The Balaban J connectivity index is 1.81. The first-order chi connectivity index (χ1) is 10.6. The molecule has 0 unspecified atom stereocenters. The van der Waals surface area contributed by atoms with E-state index in [1.807, 2.05) is 12.1 Å². The topological polar surface area (TPSA) is 66.4 Å². The SMILES string of the molecule is O=C(O)Cc1ccccc1C(=O)Nc1ccc2c(c1)CCC2. The van der Waals surface area contributed by atoms with Gasteiger partial charge in [-0.05, 0) is 54.2 Å². The molecule has 2 N–H and O–H groups in total. The van der Waals surface area contributed by atoms with Gasteiger partial charge in [0.15, 0.2) is 0 Å². The number of carboxylic acid groups (broad SMARTS) is 1. The van der Waals surface area contributed by atoms with Crippen LogP contribution in [0.3, 0.4) is 0 Å². The van der Waals surface area contributed by atoms with Gasteiger partial charge in [-0.3, -0.25) is 9.59 Å². The van der Waals surface area contributed by atoms with Crippen molar-refractivity contribution in [3.8, 4) is 0 Å². The molecular formula is C18H17NO3. The van der Waals surface area contributed by atoms with E-state index < -0.39 is 5.97 Å². The lowest BCUT2D eigenvalue weighted by molar-refractivity contribution is -0.136. The van der Waals surface area contributed by atoms with E-state index >= 15 is 0 Å². The first-order valence-electron chi connectivity index (χ1n) is 7.36. The van der Waals surface area contributed by atoms with Gasteiger partial charge in [-0.25, -0.2) is 0 Å². The first-order valence-corrected chi connectivity index (χ1v) is 7.36. The zero-order valence-electron chi connectivity index (χ0n) is 12.1. The van der Waals surface area contributed by atoms with Gasteiger partial charge in [-0.1, -0.05) is 24.3 Å². The largest absolute Gasteiger partial charge is 0.481 e. The van der Waals surface area contributed by atoms with Gasteiger partial charge in [0.2, 0.25) is 0 Å². The number of nitrogens with one attached hydrogen (secondary N) is 1. The fraction of sp³-hybridized carbons (Fsp3) is 0.222. The average molecular weight is 295 g/mol. The number of rotatable bonds is 4. The standard InChI is InChI=1S/C18H17NO3/c20-17(21)11-14-4-1-2-7-16(14)18(22)19-15-9-8-12-5-3-6-13(12)10-15/h1-2,4,7-10H,3,5-6,11H2,(H,19,22)(H,20,21). The highest BCUT2D eigenvalue weighted by molar-refractivity contribution is 6.05. The Kier molecular flexibility index (Phi) is 3.92. The number of carbonyl (C=O) groups is 2. The summed E-state index contributed by atoms with van der Waals surface area (Å²) >= 11 is 0. The second-order valence-electron chi connectivity index (χ2n) is 5.52. The van der Waals surface area contributed by atoms with E-state index in [2.05, 4.69) is 11.4 Å². The molecule has 22 heavy (non-hydrogen) atoms. The van der Waals surface area contributed by atoms with Crippen molar-refractivity contribution in [2.24, 2.45) is 0 Å². The fourth-order valence-electron chi connectivity index (χ4n) is 2.91. The summed E-state index contributed by atoms with van der Waals surface area (Å²) in [4.78, 5) is 23.3. The van der Waals surface area contributed by atoms with Crippen LogP contribution in [0.25, 0.3) is 0 Å². The lowest BCUT2D eigenvalue weighted by atomic mass is 10.0. The number of anilines is 1. The maximum absolute atomic E-state index is 12.4. The number of carbonyl (C=O) groups excluding carboxylic acids is 1. The minimum Gasteiger partial charge on any atom is -0.481 e. The molecule has 4 nitrogen and oxygen atoms in total. The van der Waals surface area contributed by atoms with Crippen molar-refractivity contribution in [2.75, 3.05) is 5.32 Å². The summed E-state index contributed by atoms with van der Waals surface area (Å²) in [7, 11) is 0. The normalized spacial score (nSPS) is 12.7. The fourth-order valence-corrected chi connectivity index (χ4v) is 2.91. The molecule has 1 amide bonds. The van der Waals surface area contributed by atoms with Gasteiger partial charge in [0.05, 0.1) is 6.42 Å². The van der Waals surface area contributed by atoms with E-state index in [1.54, 1.807) is 24.3 Å². The van der Waals surface area contributed by atoms with Crippen LogP contribution in [0.4, 0.5) is 5.69 Å². The molecule has 0 atom stereocenters. The summed E-state index contributed by atoms with van der Waals surface area (Å²) in [5.41, 5.74) is 4.33. The lowest BCUT2D eigenvalue weighted by Crippen LogP contribution is -2.16. The Labute approximate surface area is 128 Å². The van der Waals surface area contributed by atoms with Gasteiger partial charge in [-0.2, -0.15) is 0 Å². The highest BCUT2D eigenvalue weighted by Gasteiger charge is 2.15. The summed E-state index contributed by atoms with van der Waals surface area (Å²) in [6.45, 7) is 0. The zero-order chi connectivity index (χ0) is 15.5. The molecular weight excluding hydrogens is 278 g/mol. The van der Waals surface area contributed by atoms with E-state index in [9.17, 15) is 9.59 Å². The Bertz CT molecular complexity index is 737. The molecule has 0 heterocycles. The molecule has 0 aliphatic heterocycles. The van der Waals surface area contributed by atoms with Gasteiger partial charge >= 0.3 is 5.97 Å². The highest BCUT2D eigenvalue weighted by Crippen LogP contribution is 2.25. The van der Waals surface area contributed by atoms with Gasteiger partial charge in [-0.15, -0.1) is 0 Å². The van der Waals surface area contributed by atoms with Crippen molar-refractivity contribution < 1.29 is 14.7 Å². The first kappa shape index (κ1) is 14.3. The number of benzene rings is 2. The van der Waals surface area contributed by atoms with Crippen LogP contribution in [0.1, 0.15) is 33.5 Å². The van der Waals surface area contributed by atoms with E-state index in [0.29, 0.717) is 11.1 Å². The predicted octanol–water partition coefficient (Wildman–Crippen LogP) is 3.05. The van der Waals surface area contributed by atoms with Crippen molar-refractivity contribution in [3.05, 3.63) is 64.7 Å². The molecule has 2 aromatic carbocycles. The monoisotopic (exact) mass is 295 g/mol. The van der Waals surface area contributed by atoms with Crippen LogP contribution in [0, 0.1) is 0 Å². The van der Waals surface area contributed by atoms with Crippen molar-refractivity contribution in [3.63, 3.8) is 0 Å². The van der Waals surface area contributed by atoms with Crippen LogP contribution in [0.2, 0.25) is 0 Å². The summed E-state index contributed by atoms with van der Waals surface area (Å²) in [6, 6.07) is 12.8. The molecule has 0 aromatic heterocycles. The van der Waals surface area contributed by atoms with Crippen LogP contribution in [0.15, 0.2) is 42.5 Å². The molecule has 0 spiro atoms. The maximum atomic E-state index is 12.4. The summed E-state index contributed by atoms with van der Waals surface area (Å²) < 4.78 is 0. The number of amides is 1. The summed E-state index contributed by atoms with van der Waals surface area (Å²) in [5, 5.41) is 11.8.